The highest BCUT2D eigenvalue weighted by Gasteiger charge is 2.31. The van der Waals surface area contributed by atoms with Crippen LogP contribution in [0.15, 0.2) is 47.5 Å². The smallest absolute Gasteiger partial charge is 0.406 e. The van der Waals surface area contributed by atoms with E-state index in [-0.39, 0.29) is 10.6 Å². The molecule has 0 amide bonds. The topological polar surface area (TPSA) is 71.5 Å². The van der Waals surface area contributed by atoms with Crippen LogP contribution in [0.5, 0.6) is 5.75 Å². The van der Waals surface area contributed by atoms with E-state index < -0.39 is 22.1 Å². The van der Waals surface area contributed by atoms with Crippen molar-refractivity contribution < 1.29 is 26.3 Å². The maximum absolute atomic E-state index is 12.4. The molecule has 1 fully saturated rings. The van der Waals surface area contributed by atoms with Gasteiger partial charge < -0.3 is 9.64 Å². The van der Waals surface area contributed by atoms with E-state index in [0.29, 0.717) is 5.92 Å². The lowest BCUT2D eigenvalue weighted by molar-refractivity contribution is -0.274. The summed E-state index contributed by atoms with van der Waals surface area (Å²) in [6.07, 6.45) is -2.29. The minimum atomic E-state index is -4.83. The first-order valence-corrected chi connectivity index (χ1v) is 10.2. The highest BCUT2D eigenvalue weighted by atomic mass is 32.2. The van der Waals surface area contributed by atoms with Gasteiger partial charge in [0.05, 0.1) is 16.8 Å². The zero-order valence-electron chi connectivity index (χ0n) is 15.1. The van der Waals surface area contributed by atoms with Gasteiger partial charge in [0.1, 0.15) is 5.75 Å². The second-order valence-corrected chi connectivity index (χ2v) is 8.24. The standard InChI is InChI=1S/C18H20F3N3O3S/c1-2-9-24-11-13(12-24)17-8-3-14(10-22-17)23-28(25,26)16-6-4-15(5-7-16)27-18(19,20)21/h3-8,10,13,23H,2,9,11-12H2,1H3. The van der Waals surface area contributed by atoms with Gasteiger partial charge in [-0.25, -0.2) is 8.42 Å². The van der Waals surface area contributed by atoms with Gasteiger partial charge in [0.2, 0.25) is 0 Å². The Morgan fingerprint density at radius 2 is 1.86 bits per heavy atom. The SMILES string of the molecule is CCCN1CC(c2ccc(NS(=O)(=O)c3ccc(OC(F)(F)F)cc3)cn2)C1. The zero-order valence-corrected chi connectivity index (χ0v) is 15.9. The summed E-state index contributed by atoms with van der Waals surface area (Å²) in [5.74, 6) is -0.145. The van der Waals surface area contributed by atoms with Crippen LogP contribution in [0, 0.1) is 0 Å². The maximum Gasteiger partial charge on any atom is 0.573 e. The third kappa shape index (κ3) is 5.14. The summed E-state index contributed by atoms with van der Waals surface area (Å²) in [6.45, 7) is 5.07. The number of rotatable bonds is 7. The van der Waals surface area contributed by atoms with Crippen LogP contribution in [0.2, 0.25) is 0 Å². The lowest BCUT2D eigenvalue weighted by atomic mass is 9.95. The fourth-order valence-corrected chi connectivity index (χ4v) is 4.04. The van der Waals surface area contributed by atoms with Crippen molar-refractivity contribution >= 4 is 15.7 Å². The van der Waals surface area contributed by atoms with Crippen molar-refractivity contribution in [2.24, 2.45) is 0 Å². The fourth-order valence-electron chi connectivity index (χ4n) is 3.00. The largest absolute Gasteiger partial charge is 0.573 e. The quantitative estimate of drug-likeness (QED) is 0.748. The molecule has 1 aromatic heterocycles. The molecule has 2 aromatic rings. The Labute approximate surface area is 161 Å². The molecule has 0 aliphatic carbocycles. The number of benzene rings is 1. The lowest BCUT2D eigenvalue weighted by Gasteiger charge is -2.38. The summed E-state index contributed by atoms with van der Waals surface area (Å²) in [6, 6.07) is 7.39. The summed E-state index contributed by atoms with van der Waals surface area (Å²) in [7, 11) is -3.95. The average molecular weight is 415 g/mol. The number of aromatic nitrogens is 1. The maximum atomic E-state index is 12.4. The predicted octanol–water partition coefficient (Wildman–Crippen LogP) is 3.59. The number of pyridine rings is 1. The van der Waals surface area contributed by atoms with Crippen molar-refractivity contribution in [2.75, 3.05) is 24.4 Å². The lowest BCUT2D eigenvalue weighted by Crippen LogP contribution is -2.45. The monoisotopic (exact) mass is 415 g/mol. The van der Waals surface area contributed by atoms with E-state index in [1.54, 1.807) is 12.1 Å². The number of nitrogens with one attached hydrogen (secondary N) is 1. The number of halogens is 3. The number of hydrogen-bond donors (Lipinski definition) is 1. The number of alkyl halides is 3. The van der Waals surface area contributed by atoms with Gasteiger partial charge >= 0.3 is 6.36 Å². The summed E-state index contributed by atoms with van der Waals surface area (Å²) in [5, 5.41) is 0. The van der Waals surface area contributed by atoms with E-state index in [0.717, 1.165) is 56.0 Å². The second-order valence-electron chi connectivity index (χ2n) is 6.55. The molecule has 0 bridgehead atoms. The van der Waals surface area contributed by atoms with Crippen molar-refractivity contribution in [3.05, 3.63) is 48.3 Å². The molecule has 1 saturated heterocycles. The van der Waals surface area contributed by atoms with Gasteiger partial charge in [0.15, 0.2) is 0 Å². The van der Waals surface area contributed by atoms with Crippen LogP contribution < -0.4 is 9.46 Å². The summed E-state index contributed by atoms with van der Waals surface area (Å²) < 4.78 is 67.4. The van der Waals surface area contributed by atoms with Gasteiger partial charge in [-0.2, -0.15) is 0 Å². The first-order valence-electron chi connectivity index (χ1n) is 8.73. The van der Waals surface area contributed by atoms with E-state index in [4.69, 9.17) is 0 Å². The van der Waals surface area contributed by atoms with Crippen molar-refractivity contribution in [1.82, 2.24) is 9.88 Å². The Morgan fingerprint density at radius 3 is 2.39 bits per heavy atom. The Kier molecular flexibility index (Phi) is 5.80. The molecule has 0 atom stereocenters. The normalized spacial score (nSPS) is 15.9. The molecule has 3 rings (SSSR count). The minimum Gasteiger partial charge on any atom is -0.406 e. The van der Waals surface area contributed by atoms with Gasteiger partial charge in [0, 0.05) is 24.7 Å². The van der Waals surface area contributed by atoms with E-state index in [9.17, 15) is 21.6 Å². The molecular weight excluding hydrogens is 395 g/mol. The molecule has 6 nitrogen and oxygen atoms in total. The average Bonchev–Trinajstić information content (AvgIpc) is 2.57. The molecule has 1 aliphatic heterocycles. The number of sulfonamides is 1. The summed E-state index contributed by atoms with van der Waals surface area (Å²) in [4.78, 5) is 6.48. The van der Waals surface area contributed by atoms with Gasteiger partial charge in [-0.15, -0.1) is 13.2 Å². The van der Waals surface area contributed by atoms with Crippen LogP contribution in [-0.2, 0) is 10.0 Å². The Balaban J connectivity index is 1.62. The molecule has 1 N–H and O–H groups in total. The first kappa shape index (κ1) is 20.4. The van der Waals surface area contributed by atoms with Crippen LogP contribution in [0.4, 0.5) is 18.9 Å². The number of hydrogen-bond acceptors (Lipinski definition) is 5. The number of anilines is 1. The summed E-state index contributed by atoms with van der Waals surface area (Å²) in [5.41, 5.74) is 1.19. The van der Waals surface area contributed by atoms with Crippen LogP contribution in [0.1, 0.15) is 25.0 Å². The molecule has 2 heterocycles. The third-order valence-corrected chi connectivity index (χ3v) is 5.72. The van der Waals surface area contributed by atoms with Gasteiger partial charge in [-0.05, 0) is 49.4 Å². The number of nitrogens with zero attached hydrogens (tertiary/aromatic N) is 2. The van der Waals surface area contributed by atoms with Gasteiger partial charge in [-0.3, -0.25) is 9.71 Å². The van der Waals surface area contributed by atoms with E-state index in [2.05, 4.69) is 26.3 Å². The van der Waals surface area contributed by atoms with E-state index >= 15 is 0 Å². The number of ether oxygens (including phenoxy) is 1. The van der Waals surface area contributed by atoms with Gasteiger partial charge in [-0.1, -0.05) is 6.92 Å². The molecule has 28 heavy (non-hydrogen) atoms. The van der Waals surface area contributed by atoms with Crippen LogP contribution in [-0.4, -0.2) is 44.3 Å². The summed E-state index contributed by atoms with van der Waals surface area (Å²) >= 11 is 0. The van der Waals surface area contributed by atoms with Crippen LogP contribution in [0.3, 0.4) is 0 Å². The first-order chi connectivity index (χ1) is 13.2. The Bertz CT molecular complexity index is 894. The van der Waals surface area contributed by atoms with Crippen molar-refractivity contribution in [2.45, 2.75) is 30.5 Å². The van der Waals surface area contributed by atoms with Crippen molar-refractivity contribution in [3.63, 3.8) is 0 Å². The zero-order chi connectivity index (χ0) is 20.4. The second kappa shape index (κ2) is 7.96. The molecule has 0 saturated carbocycles. The third-order valence-electron chi connectivity index (χ3n) is 4.32. The van der Waals surface area contributed by atoms with Gasteiger partial charge in [0.25, 0.3) is 10.0 Å². The molecule has 10 heteroatoms. The van der Waals surface area contributed by atoms with Crippen molar-refractivity contribution in [3.8, 4) is 5.75 Å². The molecular formula is C18H20F3N3O3S. The van der Waals surface area contributed by atoms with Crippen molar-refractivity contribution in [1.29, 1.82) is 0 Å². The van der Waals surface area contributed by atoms with E-state index in [1.807, 2.05) is 0 Å². The Morgan fingerprint density at radius 1 is 1.18 bits per heavy atom. The fraction of sp³-hybridized carbons (Fsp3) is 0.389. The van der Waals surface area contributed by atoms with Crippen LogP contribution >= 0.6 is 0 Å². The molecule has 1 aromatic carbocycles. The predicted molar refractivity (Wildman–Crippen MR) is 97.6 cm³/mol. The molecule has 152 valence electrons. The molecule has 0 radical (unpaired) electrons. The molecule has 0 unspecified atom stereocenters. The van der Waals surface area contributed by atoms with Crippen LogP contribution in [0.25, 0.3) is 0 Å². The van der Waals surface area contributed by atoms with E-state index in [1.165, 1.54) is 6.20 Å². The number of likely N-dealkylation sites (tertiary alicyclic amines) is 1. The molecule has 1 aliphatic rings. The molecule has 0 spiro atoms. The Hall–Kier alpha value is -2.33. The highest BCUT2D eigenvalue weighted by molar-refractivity contribution is 7.92. The highest BCUT2D eigenvalue weighted by Crippen LogP contribution is 2.27. The minimum absolute atomic E-state index is 0.180.